The van der Waals surface area contributed by atoms with Crippen molar-refractivity contribution < 1.29 is 12.6 Å². The van der Waals surface area contributed by atoms with Gasteiger partial charge < -0.3 is 0 Å². The summed E-state index contributed by atoms with van der Waals surface area (Å²) in [6.07, 6.45) is 16.0. The summed E-state index contributed by atoms with van der Waals surface area (Å²) < 4.78 is 31.6. The van der Waals surface area contributed by atoms with E-state index in [1.807, 2.05) is 19.1 Å². The second kappa shape index (κ2) is 10.8. The van der Waals surface area contributed by atoms with Gasteiger partial charge in [0.05, 0.1) is 11.0 Å². The van der Waals surface area contributed by atoms with Gasteiger partial charge in [-0.15, -0.1) is 0 Å². The van der Waals surface area contributed by atoms with Crippen molar-refractivity contribution in [2.24, 2.45) is 46.8 Å². The molecule has 0 aliphatic heterocycles. The van der Waals surface area contributed by atoms with E-state index in [-0.39, 0.29) is 11.0 Å². The molecule has 4 heteroatoms. The smallest absolute Gasteiger partial charge is 0.263 e. The number of hydrogen-bond donors (Lipinski definition) is 0. The lowest BCUT2D eigenvalue weighted by Gasteiger charge is -2.54. The summed E-state index contributed by atoms with van der Waals surface area (Å²) in [4.78, 5) is 0.277. The molecule has 206 valence electrons. The maximum Gasteiger partial charge on any atom is 0.297 e. The largest absolute Gasteiger partial charge is 0.297 e. The molecule has 4 aliphatic rings. The standard InChI is InChI=1S/C33H50O3S/c1-22(2)7-6-8-24(4)31-17-18-32-30-15-11-25-21-26(12-16-28(25)29(30)19-20-33(31,32)5)36-37(34,35)27-13-9-23(3)10-14-27/h9-11,13-14,22,24,26,28-32H,6-8,12,15-21H2,1-5H3/t24-,26+,28+,29+,30+,31-,32-,33+/m0/s1. The van der Waals surface area contributed by atoms with E-state index in [1.54, 1.807) is 12.1 Å². The van der Waals surface area contributed by atoms with Crippen molar-refractivity contribution in [3.63, 3.8) is 0 Å². The van der Waals surface area contributed by atoms with Gasteiger partial charge in [0.1, 0.15) is 0 Å². The number of rotatable bonds is 8. The fraction of sp³-hybridized carbons (Fsp3) is 0.758. The first kappa shape index (κ1) is 27.4. The van der Waals surface area contributed by atoms with Gasteiger partial charge in [-0.2, -0.15) is 8.42 Å². The average Bonchev–Trinajstić information content (AvgIpc) is 3.21. The van der Waals surface area contributed by atoms with Crippen LogP contribution in [0.3, 0.4) is 0 Å². The van der Waals surface area contributed by atoms with Crippen molar-refractivity contribution >= 4 is 10.1 Å². The Balaban J connectivity index is 1.23. The van der Waals surface area contributed by atoms with Crippen LogP contribution in [0.2, 0.25) is 0 Å². The Kier molecular flexibility index (Phi) is 8.01. The Morgan fingerprint density at radius 1 is 0.973 bits per heavy atom. The predicted octanol–water partition coefficient (Wildman–Crippen LogP) is 8.72. The van der Waals surface area contributed by atoms with Crippen molar-refractivity contribution in [2.75, 3.05) is 0 Å². The fourth-order valence-corrected chi connectivity index (χ4v) is 10.4. The molecule has 0 unspecified atom stereocenters. The van der Waals surface area contributed by atoms with E-state index in [0.717, 1.165) is 60.3 Å². The number of allylic oxidation sites excluding steroid dienone is 1. The molecular weight excluding hydrogens is 476 g/mol. The van der Waals surface area contributed by atoms with Crippen LogP contribution in [0.15, 0.2) is 40.8 Å². The van der Waals surface area contributed by atoms with Crippen molar-refractivity contribution in [3.05, 3.63) is 41.5 Å². The van der Waals surface area contributed by atoms with Crippen LogP contribution < -0.4 is 0 Å². The van der Waals surface area contributed by atoms with Crippen molar-refractivity contribution in [1.29, 1.82) is 0 Å². The summed E-state index contributed by atoms with van der Waals surface area (Å²) in [5, 5.41) is 0. The Morgan fingerprint density at radius 2 is 1.73 bits per heavy atom. The average molecular weight is 527 g/mol. The number of aryl methyl sites for hydroxylation is 1. The molecule has 4 aliphatic carbocycles. The first-order chi connectivity index (χ1) is 17.6. The van der Waals surface area contributed by atoms with Gasteiger partial charge in [0.2, 0.25) is 0 Å². The van der Waals surface area contributed by atoms with E-state index < -0.39 is 10.1 Å². The minimum absolute atomic E-state index is 0.221. The van der Waals surface area contributed by atoms with E-state index in [9.17, 15) is 8.42 Å². The van der Waals surface area contributed by atoms with E-state index in [4.69, 9.17) is 4.18 Å². The maximum atomic E-state index is 12.9. The first-order valence-electron chi connectivity index (χ1n) is 15.3. The molecule has 0 bridgehead atoms. The van der Waals surface area contributed by atoms with Crippen LogP contribution in [0.5, 0.6) is 0 Å². The molecule has 3 nitrogen and oxygen atoms in total. The van der Waals surface area contributed by atoms with Crippen LogP contribution in [0.1, 0.15) is 104 Å². The minimum atomic E-state index is -3.71. The third-order valence-corrected chi connectivity index (χ3v) is 12.5. The minimum Gasteiger partial charge on any atom is -0.263 e. The predicted molar refractivity (Wildman–Crippen MR) is 152 cm³/mol. The quantitative estimate of drug-likeness (QED) is 0.251. The summed E-state index contributed by atoms with van der Waals surface area (Å²) in [5.74, 6) is 5.71. The highest BCUT2D eigenvalue weighted by molar-refractivity contribution is 7.86. The van der Waals surface area contributed by atoms with Crippen molar-refractivity contribution in [1.82, 2.24) is 0 Å². The molecule has 0 heterocycles. The van der Waals surface area contributed by atoms with Crippen molar-refractivity contribution in [3.8, 4) is 0 Å². The van der Waals surface area contributed by atoms with Crippen LogP contribution in [0, 0.1) is 53.8 Å². The second-order valence-corrected chi connectivity index (χ2v) is 15.4. The van der Waals surface area contributed by atoms with Gasteiger partial charge in [-0.3, -0.25) is 4.18 Å². The van der Waals surface area contributed by atoms with Gasteiger partial charge in [0.15, 0.2) is 0 Å². The Labute approximate surface area is 227 Å². The zero-order chi connectivity index (χ0) is 26.4. The summed E-state index contributed by atoms with van der Waals surface area (Å²) >= 11 is 0. The fourth-order valence-electron chi connectivity index (χ4n) is 9.28. The molecule has 1 aromatic carbocycles. The highest BCUT2D eigenvalue weighted by Gasteiger charge is 2.56. The Bertz CT molecular complexity index is 1070. The summed E-state index contributed by atoms with van der Waals surface area (Å²) in [7, 11) is -3.71. The van der Waals surface area contributed by atoms with E-state index in [1.165, 1.54) is 56.9 Å². The molecule has 3 fully saturated rings. The van der Waals surface area contributed by atoms with Crippen LogP contribution in [0.25, 0.3) is 0 Å². The highest BCUT2D eigenvalue weighted by atomic mass is 32.2. The molecule has 0 radical (unpaired) electrons. The van der Waals surface area contributed by atoms with E-state index in [2.05, 4.69) is 33.8 Å². The van der Waals surface area contributed by atoms with Crippen molar-refractivity contribution in [2.45, 2.75) is 116 Å². The van der Waals surface area contributed by atoms with Gasteiger partial charge >= 0.3 is 0 Å². The molecule has 0 aromatic heterocycles. The van der Waals surface area contributed by atoms with Gasteiger partial charge in [0.25, 0.3) is 10.1 Å². The molecule has 0 saturated heterocycles. The normalized spacial score (nSPS) is 36.4. The number of benzene rings is 1. The molecular formula is C33H50O3S. The molecule has 3 saturated carbocycles. The lowest BCUT2D eigenvalue weighted by Crippen LogP contribution is -2.47. The molecule has 8 atom stereocenters. The molecule has 1 aromatic rings. The Morgan fingerprint density at radius 3 is 2.46 bits per heavy atom. The van der Waals surface area contributed by atoms with Crippen LogP contribution >= 0.6 is 0 Å². The molecule has 0 amide bonds. The highest BCUT2D eigenvalue weighted by Crippen LogP contribution is 2.64. The monoisotopic (exact) mass is 526 g/mol. The zero-order valence-electron chi connectivity index (χ0n) is 23.9. The zero-order valence-corrected chi connectivity index (χ0v) is 24.7. The van der Waals surface area contributed by atoms with Gasteiger partial charge in [-0.25, -0.2) is 0 Å². The Hall–Kier alpha value is -1.13. The SMILES string of the molecule is Cc1ccc(S(=O)(=O)O[C@@H]2CC[C@@H]3C(=CC[C@@H]4[C@@H]3CC[C@@]3(C)[C@H]4CC[C@H]3[C@@H](C)CCCC(C)C)C2)cc1. The summed E-state index contributed by atoms with van der Waals surface area (Å²) in [6.45, 7) is 11.9. The first-order valence-corrected chi connectivity index (χ1v) is 16.7. The van der Waals surface area contributed by atoms with Gasteiger partial charge in [0, 0.05) is 0 Å². The second-order valence-electron chi connectivity index (χ2n) is 13.9. The third kappa shape index (κ3) is 5.49. The third-order valence-electron chi connectivity index (χ3n) is 11.2. The lowest BCUT2D eigenvalue weighted by molar-refractivity contribution is -0.0283. The van der Waals surface area contributed by atoms with Gasteiger partial charge in [-0.1, -0.05) is 76.3 Å². The van der Waals surface area contributed by atoms with Crippen LogP contribution in [-0.4, -0.2) is 14.5 Å². The van der Waals surface area contributed by atoms with Crippen LogP contribution in [-0.2, 0) is 14.3 Å². The van der Waals surface area contributed by atoms with Crippen LogP contribution in [0.4, 0.5) is 0 Å². The number of fused-ring (bicyclic) bond motifs is 5. The molecule has 0 N–H and O–H groups in total. The summed E-state index contributed by atoms with van der Waals surface area (Å²) in [6, 6.07) is 7.02. The van der Waals surface area contributed by atoms with E-state index >= 15 is 0 Å². The molecule has 0 spiro atoms. The maximum absolute atomic E-state index is 12.9. The molecule has 5 rings (SSSR count). The number of hydrogen-bond acceptors (Lipinski definition) is 3. The lowest BCUT2D eigenvalue weighted by atomic mass is 9.51. The van der Waals surface area contributed by atoms with Gasteiger partial charge in [-0.05, 0) is 117 Å². The molecule has 37 heavy (non-hydrogen) atoms. The van der Waals surface area contributed by atoms with E-state index in [0.29, 0.717) is 11.3 Å². The topological polar surface area (TPSA) is 43.4 Å². The summed E-state index contributed by atoms with van der Waals surface area (Å²) in [5.41, 5.74) is 3.07.